The molecule has 6 heteroatoms. The van der Waals surface area contributed by atoms with E-state index in [1.165, 1.54) is 0 Å². The standard InChI is InChI=1S/C7H7N5O/c8-5-2-1-4(3-9-5)6-10-7(13)12-11-6/h1-3H,(H2,8,9)(H2,10,11,12,13). The van der Waals surface area contributed by atoms with Crippen molar-refractivity contribution in [2.75, 3.05) is 5.73 Å². The Labute approximate surface area is 72.8 Å². The largest absolute Gasteiger partial charge is 0.384 e. The van der Waals surface area contributed by atoms with E-state index >= 15 is 0 Å². The zero-order valence-electron chi connectivity index (χ0n) is 6.61. The minimum atomic E-state index is -0.341. The number of nitrogens with one attached hydrogen (secondary N) is 2. The maximum Gasteiger partial charge on any atom is 0.340 e. The normalized spacial score (nSPS) is 10.2. The quantitative estimate of drug-likeness (QED) is 0.558. The van der Waals surface area contributed by atoms with Gasteiger partial charge in [0.1, 0.15) is 5.82 Å². The van der Waals surface area contributed by atoms with Gasteiger partial charge in [0.25, 0.3) is 0 Å². The molecule has 4 N–H and O–H groups in total. The van der Waals surface area contributed by atoms with E-state index in [0.29, 0.717) is 17.2 Å². The van der Waals surface area contributed by atoms with Crippen LogP contribution in [0.15, 0.2) is 23.1 Å². The highest BCUT2D eigenvalue weighted by Crippen LogP contribution is 2.11. The molecule has 2 rings (SSSR count). The second kappa shape index (κ2) is 2.74. The monoisotopic (exact) mass is 177 g/mol. The van der Waals surface area contributed by atoms with Crippen molar-refractivity contribution in [3.8, 4) is 11.4 Å². The number of rotatable bonds is 1. The Morgan fingerprint density at radius 3 is 2.77 bits per heavy atom. The highest BCUT2D eigenvalue weighted by Gasteiger charge is 2.01. The minimum absolute atomic E-state index is 0.341. The molecule has 0 bridgehead atoms. The molecule has 0 amide bonds. The summed E-state index contributed by atoms with van der Waals surface area (Å²) in [6.07, 6.45) is 1.54. The van der Waals surface area contributed by atoms with Gasteiger partial charge in [-0.2, -0.15) is 5.10 Å². The van der Waals surface area contributed by atoms with E-state index in [2.05, 4.69) is 20.2 Å². The van der Waals surface area contributed by atoms with Crippen molar-refractivity contribution in [1.29, 1.82) is 0 Å². The Balaban J connectivity index is 2.47. The molecule has 0 spiro atoms. The van der Waals surface area contributed by atoms with E-state index in [1.807, 2.05) is 0 Å². The summed E-state index contributed by atoms with van der Waals surface area (Å²) in [5, 5.41) is 6.00. The number of H-pyrrole nitrogens is 2. The first-order chi connectivity index (χ1) is 6.25. The van der Waals surface area contributed by atoms with Gasteiger partial charge in [0.15, 0.2) is 5.82 Å². The summed E-state index contributed by atoms with van der Waals surface area (Å²) < 4.78 is 0. The molecule has 0 fully saturated rings. The van der Waals surface area contributed by atoms with Gasteiger partial charge < -0.3 is 5.73 Å². The van der Waals surface area contributed by atoms with Gasteiger partial charge in [0, 0.05) is 11.8 Å². The lowest BCUT2D eigenvalue weighted by Gasteiger charge is -1.94. The van der Waals surface area contributed by atoms with E-state index in [9.17, 15) is 4.79 Å². The van der Waals surface area contributed by atoms with E-state index in [0.717, 1.165) is 0 Å². The Morgan fingerprint density at radius 1 is 1.38 bits per heavy atom. The lowest BCUT2D eigenvalue weighted by atomic mass is 10.3. The highest BCUT2D eigenvalue weighted by atomic mass is 16.1. The van der Waals surface area contributed by atoms with Crippen molar-refractivity contribution in [3.05, 3.63) is 28.8 Å². The summed E-state index contributed by atoms with van der Waals surface area (Å²) in [7, 11) is 0. The van der Waals surface area contributed by atoms with Gasteiger partial charge in [-0.1, -0.05) is 0 Å². The zero-order valence-corrected chi connectivity index (χ0v) is 6.61. The summed E-state index contributed by atoms with van der Waals surface area (Å²) in [6, 6.07) is 3.37. The number of hydrogen-bond acceptors (Lipinski definition) is 4. The number of aromatic amines is 2. The van der Waals surface area contributed by atoms with Crippen LogP contribution in [-0.4, -0.2) is 20.2 Å². The molecular weight excluding hydrogens is 170 g/mol. The maximum atomic E-state index is 10.7. The van der Waals surface area contributed by atoms with Crippen LogP contribution >= 0.6 is 0 Å². The summed E-state index contributed by atoms with van der Waals surface area (Å²) in [4.78, 5) is 17.1. The Bertz CT molecular complexity index is 454. The number of pyridine rings is 1. The second-order valence-corrected chi connectivity index (χ2v) is 2.50. The molecule has 2 aromatic rings. The molecule has 0 aliphatic heterocycles. The first-order valence-electron chi connectivity index (χ1n) is 3.62. The third-order valence-corrected chi connectivity index (χ3v) is 1.56. The lowest BCUT2D eigenvalue weighted by Crippen LogP contribution is -2.00. The summed E-state index contributed by atoms with van der Waals surface area (Å²) in [6.45, 7) is 0. The second-order valence-electron chi connectivity index (χ2n) is 2.50. The molecule has 0 aromatic carbocycles. The molecule has 0 atom stereocenters. The van der Waals surface area contributed by atoms with Gasteiger partial charge in [-0.3, -0.25) is 4.98 Å². The van der Waals surface area contributed by atoms with E-state index in [-0.39, 0.29) is 5.69 Å². The van der Waals surface area contributed by atoms with Gasteiger partial charge in [-0.05, 0) is 12.1 Å². The Morgan fingerprint density at radius 2 is 2.23 bits per heavy atom. The predicted octanol–water partition coefficient (Wildman–Crippen LogP) is -0.258. The lowest BCUT2D eigenvalue weighted by molar-refractivity contribution is 1.05. The van der Waals surface area contributed by atoms with Crippen molar-refractivity contribution < 1.29 is 0 Å². The van der Waals surface area contributed by atoms with Crippen molar-refractivity contribution in [2.45, 2.75) is 0 Å². The number of anilines is 1. The van der Waals surface area contributed by atoms with Gasteiger partial charge in [-0.15, -0.1) is 0 Å². The molecule has 2 heterocycles. The number of nitrogen functional groups attached to an aromatic ring is 1. The average Bonchev–Trinajstić information content (AvgIpc) is 2.53. The van der Waals surface area contributed by atoms with Crippen LogP contribution in [0.2, 0.25) is 0 Å². The topological polar surface area (TPSA) is 100 Å². The molecule has 6 nitrogen and oxygen atoms in total. The fourth-order valence-electron chi connectivity index (χ4n) is 0.952. The van der Waals surface area contributed by atoms with Crippen LogP contribution in [-0.2, 0) is 0 Å². The predicted molar refractivity (Wildman–Crippen MR) is 46.9 cm³/mol. The number of aromatic nitrogens is 4. The number of nitrogens with two attached hydrogens (primary N) is 1. The van der Waals surface area contributed by atoms with Crippen LogP contribution in [0, 0.1) is 0 Å². The Hall–Kier alpha value is -2.11. The summed E-state index contributed by atoms with van der Waals surface area (Å²) in [5.74, 6) is 0.888. The van der Waals surface area contributed by atoms with Crippen molar-refractivity contribution in [3.63, 3.8) is 0 Å². The van der Waals surface area contributed by atoms with Gasteiger partial charge >= 0.3 is 5.69 Å². The van der Waals surface area contributed by atoms with E-state index in [4.69, 9.17) is 5.73 Å². The summed E-state index contributed by atoms with van der Waals surface area (Å²) >= 11 is 0. The van der Waals surface area contributed by atoms with Crippen LogP contribution < -0.4 is 11.4 Å². The molecule has 0 saturated heterocycles. The molecule has 0 unspecified atom stereocenters. The smallest absolute Gasteiger partial charge is 0.340 e. The molecular formula is C7H7N5O. The van der Waals surface area contributed by atoms with Crippen LogP contribution in [0.3, 0.4) is 0 Å². The zero-order chi connectivity index (χ0) is 9.26. The third-order valence-electron chi connectivity index (χ3n) is 1.56. The van der Waals surface area contributed by atoms with Crippen molar-refractivity contribution in [2.24, 2.45) is 0 Å². The van der Waals surface area contributed by atoms with Gasteiger partial charge in [0.05, 0.1) is 0 Å². The fraction of sp³-hybridized carbons (Fsp3) is 0. The number of nitrogens with zero attached hydrogens (tertiary/aromatic N) is 2. The van der Waals surface area contributed by atoms with Crippen LogP contribution in [0.5, 0.6) is 0 Å². The molecule has 2 aromatic heterocycles. The molecule has 0 aliphatic rings. The van der Waals surface area contributed by atoms with Crippen LogP contribution in [0.4, 0.5) is 5.82 Å². The average molecular weight is 177 g/mol. The van der Waals surface area contributed by atoms with Gasteiger partial charge in [0.2, 0.25) is 0 Å². The maximum absolute atomic E-state index is 10.7. The van der Waals surface area contributed by atoms with Gasteiger partial charge in [-0.25, -0.2) is 14.9 Å². The first-order valence-corrected chi connectivity index (χ1v) is 3.62. The van der Waals surface area contributed by atoms with Crippen LogP contribution in [0.25, 0.3) is 11.4 Å². The number of hydrogen-bond donors (Lipinski definition) is 3. The van der Waals surface area contributed by atoms with Crippen LogP contribution in [0.1, 0.15) is 0 Å². The molecule has 0 saturated carbocycles. The summed E-state index contributed by atoms with van der Waals surface area (Å²) in [5.41, 5.74) is 5.77. The van der Waals surface area contributed by atoms with E-state index in [1.54, 1.807) is 18.3 Å². The first kappa shape index (κ1) is 7.53. The Kier molecular flexibility index (Phi) is 1.59. The fourth-order valence-corrected chi connectivity index (χ4v) is 0.952. The molecule has 0 aliphatic carbocycles. The highest BCUT2D eigenvalue weighted by molar-refractivity contribution is 5.54. The van der Waals surface area contributed by atoms with Crippen molar-refractivity contribution >= 4 is 5.82 Å². The third kappa shape index (κ3) is 1.41. The molecule has 13 heavy (non-hydrogen) atoms. The SMILES string of the molecule is Nc1ccc(-c2n[nH]c(=O)[nH]2)cn1. The van der Waals surface area contributed by atoms with E-state index < -0.39 is 0 Å². The van der Waals surface area contributed by atoms with Crippen molar-refractivity contribution in [1.82, 2.24) is 20.2 Å². The molecule has 66 valence electrons. The minimum Gasteiger partial charge on any atom is -0.384 e. The molecule has 0 radical (unpaired) electrons.